The predicted octanol–water partition coefficient (Wildman–Crippen LogP) is 2.98. The van der Waals surface area contributed by atoms with E-state index in [-0.39, 0.29) is 11.3 Å². The lowest BCUT2D eigenvalue weighted by Crippen LogP contribution is -2.57. The van der Waals surface area contributed by atoms with Crippen LogP contribution >= 0.6 is 0 Å². The first-order valence-corrected chi connectivity index (χ1v) is 5.49. The molecule has 0 radical (unpaired) electrons. The van der Waals surface area contributed by atoms with Crippen LogP contribution in [0.3, 0.4) is 0 Å². The molecule has 0 heterocycles. The van der Waals surface area contributed by atoms with E-state index < -0.39 is 18.2 Å². The third-order valence-corrected chi connectivity index (χ3v) is 4.65. The lowest BCUT2D eigenvalue weighted by atomic mass is 9.45. The van der Waals surface area contributed by atoms with Crippen LogP contribution in [0.15, 0.2) is 0 Å². The maximum Gasteiger partial charge on any atom is 0.414 e. The Balaban J connectivity index is 2.11. The number of aliphatic hydroxyl groups excluding tert-OH is 1. The highest BCUT2D eigenvalue weighted by atomic mass is 19.4. The second-order valence-electron chi connectivity index (χ2n) is 5.59. The number of aliphatic hydroxyl groups is 1. The van der Waals surface area contributed by atoms with Gasteiger partial charge in [0.25, 0.3) is 0 Å². The van der Waals surface area contributed by atoms with Gasteiger partial charge in [-0.3, -0.25) is 0 Å². The highest BCUT2D eigenvalue weighted by Crippen LogP contribution is 2.62. The van der Waals surface area contributed by atoms with Crippen LogP contribution in [0.4, 0.5) is 13.2 Å². The Kier molecular flexibility index (Phi) is 2.34. The average Bonchev–Trinajstić information content (AvgIpc) is 2.15. The number of rotatable bonds is 1. The van der Waals surface area contributed by atoms with Crippen LogP contribution in [-0.4, -0.2) is 17.4 Å². The van der Waals surface area contributed by atoms with E-state index in [9.17, 15) is 18.3 Å². The molecule has 2 bridgehead atoms. The van der Waals surface area contributed by atoms with Crippen LogP contribution in [0.2, 0.25) is 0 Å². The van der Waals surface area contributed by atoms with Crippen LogP contribution in [0.1, 0.15) is 33.1 Å². The lowest BCUT2D eigenvalue weighted by molar-refractivity contribution is -0.251. The van der Waals surface area contributed by atoms with Crippen molar-refractivity contribution < 1.29 is 18.3 Å². The Morgan fingerprint density at radius 2 is 1.87 bits per heavy atom. The molecule has 3 aliphatic rings. The van der Waals surface area contributed by atoms with Gasteiger partial charge in [0.15, 0.2) is 6.10 Å². The summed E-state index contributed by atoms with van der Waals surface area (Å²) in [6, 6.07) is 0. The second-order valence-corrected chi connectivity index (χ2v) is 5.59. The molecule has 0 aliphatic heterocycles. The Morgan fingerprint density at radius 1 is 1.27 bits per heavy atom. The molecule has 0 amide bonds. The van der Waals surface area contributed by atoms with Crippen molar-refractivity contribution in [1.29, 1.82) is 0 Å². The molecule has 0 saturated heterocycles. The lowest BCUT2D eigenvalue weighted by Gasteiger charge is -2.61. The fraction of sp³-hybridized carbons (Fsp3) is 1.00. The molecule has 3 aliphatic carbocycles. The third-order valence-electron chi connectivity index (χ3n) is 4.65. The first-order chi connectivity index (χ1) is 6.74. The van der Waals surface area contributed by atoms with Gasteiger partial charge in [-0.05, 0) is 42.4 Å². The molecule has 0 aromatic carbocycles. The van der Waals surface area contributed by atoms with Gasteiger partial charge in [0.05, 0.1) is 0 Å². The number of hydrogen-bond donors (Lipinski definition) is 1. The molecule has 0 aromatic heterocycles. The monoisotopic (exact) mass is 222 g/mol. The summed E-state index contributed by atoms with van der Waals surface area (Å²) in [7, 11) is 0. The zero-order valence-electron chi connectivity index (χ0n) is 9.01. The summed E-state index contributed by atoms with van der Waals surface area (Å²) in [4.78, 5) is 0. The van der Waals surface area contributed by atoms with Gasteiger partial charge in [0.1, 0.15) is 0 Å². The maximum atomic E-state index is 12.4. The summed E-state index contributed by atoms with van der Waals surface area (Å²) in [5.41, 5.74) is -0.00481. The summed E-state index contributed by atoms with van der Waals surface area (Å²) in [6.07, 6.45) is -4.35. The summed E-state index contributed by atoms with van der Waals surface area (Å²) in [5, 5.41) is 9.31. The molecule has 3 unspecified atom stereocenters. The highest BCUT2D eigenvalue weighted by Gasteiger charge is 2.59. The molecule has 0 spiro atoms. The van der Waals surface area contributed by atoms with E-state index >= 15 is 0 Å². The molecular formula is C11H17F3O. The fourth-order valence-corrected chi connectivity index (χ4v) is 3.49. The van der Waals surface area contributed by atoms with Gasteiger partial charge < -0.3 is 5.11 Å². The van der Waals surface area contributed by atoms with Crippen molar-refractivity contribution in [3.05, 3.63) is 0 Å². The Bertz CT molecular complexity index is 255. The van der Waals surface area contributed by atoms with Crippen LogP contribution in [0, 0.1) is 23.2 Å². The van der Waals surface area contributed by atoms with E-state index in [1.54, 1.807) is 0 Å². The number of halogens is 3. The van der Waals surface area contributed by atoms with Gasteiger partial charge in [-0.25, -0.2) is 0 Å². The first kappa shape index (κ1) is 11.2. The molecule has 3 saturated carbocycles. The van der Waals surface area contributed by atoms with Gasteiger partial charge in [-0.1, -0.05) is 13.8 Å². The van der Waals surface area contributed by atoms with Crippen molar-refractivity contribution in [2.75, 3.05) is 0 Å². The van der Waals surface area contributed by atoms with Gasteiger partial charge in [0, 0.05) is 0 Å². The van der Waals surface area contributed by atoms with Crippen LogP contribution in [0.5, 0.6) is 0 Å². The molecule has 15 heavy (non-hydrogen) atoms. The van der Waals surface area contributed by atoms with Crippen molar-refractivity contribution in [2.45, 2.75) is 45.4 Å². The van der Waals surface area contributed by atoms with Crippen LogP contribution < -0.4 is 0 Å². The SMILES string of the molecule is CC1(C)C2CCC([C@@H](O)C(F)(F)F)C1C2. The maximum absolute atomic E-state index is 12.4. The van der Waals surface area contributed by atoms with Gasteiger partial charge >= 0.3 is 6.18 Å². The van der Waals surface area contributed by atoms with E-state index in [0.717, 1.165) is 12.8 Å². The average molecular weight is 222 g/mol. The van der Waals surface area contributed by atoms with E-state index in [4.69, 9.17) is 0 Å². The van der Waals surface area contributed by atoms with Gasteiger partial charge in [0.2, 0.25) is 0 Å². The van der Waals surface area contributed by atoms with E-state index in [2.05, 4.69) is 0 Å². The Labute approximate surface area is 87.7 Å². The normalized spacial score (nSPS) is 40.8. The van der Waals surface area contributed by atoms with Crippen molar-refractivity contribution in [2.24, 2.45) is 23.2 Å². The van der Waals surface area contributed by atoms with Crippen molar-refractivity contribution in [3.8, 4) is 0 Å². The highest BCUT2D eigenvalue weighted by molar-refractivity contribution is 5.05. The molecule has 88 valence electrons. The number of alkyl halides is 3. The first-order valence-electron chi connectivity index (χ1n) is 5.49. The summed E-state index contributed by atoms with van der Waals surface area (Å²) in [6.45, 7) is 4.06. The van der Waals surface area contributed by atoms with Crippen molar-refractivity contribution in [3.63, 3.8) is 0 Å². The smallest absolute Gasteiger partial charge is 0.383 e. The minimum absolute atomic E-state index is 0.00481. The predicted molar refractivity (Wildman–Crippen MR) is 50.2 cm³/mol. The molecule has 3 rings (SSSR count). The molecule has 3 fully saturated rings. The molecule has 1 nitrogen and oxygen atoms in total. The fourth-order valence-electron chi connectivity index (χ4n) is 3.49. The van der Waals surface area contributed by atoms with Crippen LogP contribution in [0.25, 0.3) is 0 Å². The van der Waals surface area contributed by atoms with Crippen LogP contribution in [-0.2, 0) is 0 Å². The molecular weight excluding hydrogens is 205 g/mol. The number of hydrogen-bond acceptors (Lipinski definition) is 1. The Hall–Kier alpha value is -0.250. The van der Waals surface area contributed by atoms with Crippen molar-refractivity contribution >= 4 is 0 Å². The molecule has 1 N–H and O–H groups in total. The topological polar surface area (TPSA) is 20.2 Å². The summed E-state index contributed by atoms with van der Waals surface area (Å²) < 4.78 is 37.3. The van der Waals surface area contributed by atoms with Gasteiger partial charge in [-0.15, -0.1) is 0 Å². The largest absolute Gasteiger partial charge is 0.414 e. The third kappa shape index (κ3) is 1.57. The van der Waals surface area contributed by atoms with Gasteiger partial charge in [-0.2, -0.15) is 13.2 Å². The molecule has 4 atom stereocenters. The van der Waals surface area contributed by atoms with Crippen molar-refractivity contribution in [1.82, 2.24) is 0 Å². The van der Waals surface area contributed by atoms with E-state index in [1.807, 2.05) is 13.8 Å². The minimum Gasteiger partial charge on any atom is -0.383 e. The molecule has 4 heteroatoms. The second kappa shape index (κ2) is 3.12. The summed E-state index contributed by atoms with van der Waals surface area (Å²) >= 11 is 0. The molecule has 0 aromatic rings. The zero-order chi connectivity index (χ0) is 11.4. The quantitative estimate of drug-likeness (QED) is 0.723. The Morgan fingerprint density at radius 3 is 2.27 bits per heavy atom. The standard InChI is InChI=1S/C11H17F3O/c1-10(2)6-3-4-7(8(10)5-6)9(15)11(12,13)14/h6-9,15H,3-5H2,1-2H3/t6?,7?,8?,9-/m1/s1. The number of fused-ring (bicyclic) bond motifs is 2. The van der Waals surface area contributed by atoms with E-state index in [1.165, 1.54) is 0 Å². The summed E-state index contributed by atoms with van der Waals surface area (Å²) in [5.74, 6) is 0.0389. The van der Waals surface area contributed by atoms with E-state index in [0.29, 0.717) is 12.3 Å². The zero-order valence-corrected chi connectivity index (χ0v) is 9.01. The minimum atomic E-state index is -4.46.